The van der Waals surface area contributed by atoms with Crippen molar-refractivity contribution in [1.29, 1.82) is 5.26 Å². The summed E-state index contributed by atoms with van der Waals surface area (Å²) in [7, 11) is 0. The van der Waals surface area contributed by atoms with Gasteiger partial charge in [0.2, 0.25) is 11.8 Å². The van der Waals surface area contributed by atoms with Crippen LogP contribution in [0, 0.1) is 24.2 Å². The van der Waals surface area contributed by atoms with Gasteiger partial charge in [0.1, 0.15) is 12.1 Å². The zero-order valence-electron chi connectivity index (χ0n) is 31.7. The number of carbonyl (C=O) groups excluding carboxylic acids is 3. The van der Waals surface area contributed by atoms with E-state index in [2.05, 4.69) is 85.4 Å². The summed E-state index contributed by atoms with van der Waals surface area (Å²) < 4.78 is 0. The SMILES string of the molecule is Cc1ccc(C2CCCN(c3ccc(N4CCC(CN5CCN(c6ccc7c(c6)CN(C6CCC(=O)NC6=O)C7=O)CC5)CC4)cc3)C2)c2[nH]cc(C#N)c12. The fourth-order valence-electron chi connectivity index (χ4n) is 9.90. The smallest absolute Gasteiger partial charge is 0.255 e. The second kappa shape index (κ2) is 14.7. The summed E-state index contributed by atoms with van der Waals surface area (Å²) in [4.78, 5) is 52.4. The van der Waals surface area contributed by atoms with Crippen molar-refractivity contribution in [2.24, 2.45) is 5.92 Å². The topological polar surface area (TPSA) is 119 Å². The molecule has 2 atom stereocenters. The van der Waals surface area contributed by atoms with Crippen molar-refractivity contribution in [2.75, 3.05) is 73.6 Å². The number of aryl methyl sites for hydroxylation is 1. The molecule has 284 valence electrons. The Kier molecular flexibility index (Phi) is 9.46. The Labute approximate surface area is 322 Å². The number of aromatic nitrogens is 1. The Morgan fingerprint density at radius 3 is 2.27 bits per heavy atom. The van der Waals surface area contributed by atoms with Gasteiger partial charge in [-0.3, -0.25) is 24.6 Å². The number of H-pyrrole nitrogens is 1. The van der Waals surface area contributed by atoms with Gasteiger partial charge < -0.3 is 24.6 Å². The van der Waals surface area contributed by atoms with E-state index in [-0.39, 0.29) is 24.1 Å². The van der Waals surface area contributed by atoms with Crippen LogP contribution in [-0.2, 0) is 16.1 Å². The van der Waals surface area contributed by atoms with Crippen LogP contribution >= 0.6 is 0 Å². The van der Waals surface area contributed by atoms with Gasteiger partial charge >= 0.3 is 0 Å². The van der Waals surface area contributed by atoms with E-state index in [1.807, 2.05) is 18.3 Å². The number of nitrogens with one attached hydrogen (secondary N) is 2. The minimum Gasteiger partial charge on any atom is -0.372 e. The van der Waals surface area contributed by atoms with Gasteiger partial charge in [0, 0.05) is 112 Å². The first-order chi connectivity index (χ1) is 26.8. The number of nitrogens with zero attached hydrogens (tertiary/aromatic N) is 6. The molecule has 2 unspecified atom stereocenters. The molecule has 0 spiro atoms. The van der Waals surface area contributed by atoms with Gasteiger partial charge in [0.15, 0.2) is 0 Å². The minimum absolute atomic E-state index is 0.120. The first kappa shape index (κ1) is 35.4. The zero-order valence-corrected chi connectivity index (χ0v) is 31.7. The van der Waals surface area contributed by atoms with E-state index in [1.165, 1.54) is 29.8 Å². The molecule has 3 amide bonds. The fraction of sp³-hybridized carbons (Fsp3) is 0.455. The molecule has 55 heavy (non-hydrogen) atoms. The molecule has 4 saturated heterocycles. The highest BCUT2D eigenvalue weighted by atomic mass is 16.2. The van der Waals surface area contributed by atoms with E-state index in [9.17, 15) is 19.6 Å². The van der Waals surface area contributed by atoms with Crippen molar-refractivity contribution in [2.45, 2.75) is 64.0 Å². The molecule has 2 N–H and O–H groups in total. The van der Waals surface area contributed by atoms with Crippen LogP contribution in [0.1, 0.15) is 77.1 Å². The maximum absolute atomic E-state index is 13.1. The van der Waals surface area contributed by atoms with E-state index < -0.39 is 6.04 Å². The predicted octanol–water partition coefficient (Wildman–Crippen LogP) is 5.53. The highest BCUT2D eigenvalue weighted by molar-refractivity contribution is 6.05. The third-order valence-electron chi connectivity index (χ3n) is 13.0. The second-order valence-electron chi connectivity index (χ2n) is 16.3. The molecule has 5 aliphatic heterocycles. The molecule has 0 saturated carbocycles. The maximum Gasteiger partial charge on any atom is 0.255 e. The van der Waals surface area contributed by atoms with Crippen LogP contribution in [-0.4, -0.2) is 97.4 Å². The number of piperidine rings is 3. The van der Waals surface area contributed by atoms with Gasteiger partial charge in [-0.05, 0) is 104 Å². The van der Waals surface area contributed by atoms with Crippen LogP contribution in [0.4, 0.5) is 17.1 Å². The number of imide groups is 1. The quantitative estimate of drug-likeness (QED) is 0.238. The van der Waals surface area contributed by atoms with Crippen molar-refractivity contribution >= 4 is 45.7 Å². The van der Waals surface area contributed by atoms with Gasteiger partial charge in [-0.2, -0.15) is 5.26 Å². The van der Waals surface area contributed by atoms with Crippen molar-refractivity contribution in [3.63, 3.8) is 0 Å². The molecule has 11 heteroatoms. The molecule has 5 aliphatic rings. The number of piperazine rings is 1. The number of hydrogen-bond acceptors (Lipinski definition) is 8. The van der Waals surface area contributed by atoms with Crippen LogP contribution in [0.15, 0.2) is 60.8 Å². The summed E-state index contributed by atoms with van der Waals surface area (Å²) in [5.74, 6) is 0.373. The molecular formula is C44H50N8O3. The first-order valence-corrected chi connectivity index (χ1v) is 20.2. The molecular weight excluding hydrogens is 689 g/mol. The second-order valence-corrected chi connectivity index (χ2v) is 16.3. The summed E-state index contributed by atoms with van der Waals surface area (Å²) in [6, 6.07) is 21.5. The first-order valence-electron chi connectivity index (χ1n) is 20.2. The third-order valence-corrected chi connectivity index (χ3v) is 13.0. The average Bonchev–Trinajstić information content (AvgIpc) is 3.80. The molecule has 11 nitrogen and oxygen atoms in total. The lowest BCUT2D eigenvalue weighted by molar-refractivity contribution is -0.136. The number of carbonyl (C=O) groups is 3. The average molecular weight is 739 g/mol. The van der Waals surface area contributed by atoms with Crippen LogP contribution in [0.3, 0.4) is 0 Å². The Hall–Kier alpha value is -5.34. The Morgan fingerprint density at radius 2 is 1.53 bits per heavy atom. The summed E-state index contributed by atoms with van der Waals surface area (Å²) >= 11 is 0. The zero-order chi connectivity index (χ0) is 37.6. The molecule has 9 rings (SSSR count). The summed E-state index contributed by atoms with van der Waals surface area (Å²) in [5, 5.41) is 13.1. The Balaban J connectivity index is 0.745. The van der Waals surface area contributed by atoms with Crippen LogP contribution in [0.2, 0.25) is 0 Å². The lowest BCUT2D eigenvalue weighted by Crippen LogP contribution is -2.52. The number of amides is 3. The standard InChI is InChI=1S/C44H50N8O3/c1-29-4-10-37(42-41(29)33(24-45)25-46-42)31-3-2-16-51(27-31)35-7-5-34(6-8-35)49-17-14-30(15-18-49)26-48-19-21-50(22-20-48)36-9-11-38-32(23-36)28-52(44(38)55)39-12-13-40(53)47-43(39)54/h4-11,23,25,30-31,39,46H,2-3,12-22,26-28H2,1H3,(H,47,53,54). The van der Waals surface area contributed by atoms with Gasteiger partial charge in [-0.25, -0.2) is 0 Å². The lowest BCUT2D eigenvalue weighted by atomic mass is 9.88. The monoisotopic (exact) mass is 738 g/mol. The largest absolute Gasteiger partial charge is 0.372 e. The number of rotatable bonds is 7. The normalized spacial score (nSPS) is 22.7. The molecule has 4 aromatic rings. The molecule has 4 fully saturated rings. The lowest BCUT2D eigenvalue weighted by Gasteiger charge is -2.40. The van der Waals surface area contributed by atoms with E-state index in [1.54, 1.807) is 4.90 Å². The molecule has 0 bridgehead atoms. The molecule has 3 aromatic carbocycles. The predicted molar refractivity (Wildman–Crippen MR) is 214 cm³/mol. The number of nitriles is 1. The summed E-state index contributed by atoms with van der Waals surface area (Å²) in [6.07, 6.45) is 7.22. The summed E-state index contributed by atoms with van der Waals surface area (Å²) in [5.41, 5.74) is 9.71. The number of fused-ring (bicyclic) bond motifs is 2. The maximum atomic E-state index is 13.1. The number of benzene rings is 3. The molecule has 0 radical (unpaired) electrons. The van der Waals surface area contributed by atoms with Crippen molar-refractivity contribution in [3.8, 4) is 6.07 Å². The van der Waals surface area contributed by atoms with Gasteiger partial charge in [-0.1, -0.05) is 12.1 Å². The molecule has 1 aromatic heterocycles. The highest BCUT2D eigenvalue weighted by Crippen LogP contribution is 2.37. The van der Waals surface area contributed by atoms with E-state index in [4.69, 9.17) is 0 Å². The highest BCUT2D eigenvalue weighted by Gasteiger charge is 2.39. The number of aromatic amines is 1. The Bertz CT molecular complexity index is 2160. The van der Waals surface area contributed by atoms with Crippen LogP contribution in [0.5, 0.6) is 0 Å². The fourth-order valence-corrected chi connectivity index (χ4v) is 9.90. The third kappa shape index (κ3) is 6.82. The van der Waals surface area contributed by atoms with Crippen LogP contribution < -0.4 is 20.0 Å². The Morgan fingerprint density at radius 1 is 0.800 bits per heavy atom. The van der Waals surface area contributed by atoms with Crippen molar-refractivity contribution < 1.29 is 14.4 Å². The van der Waals surface area contributed by atoms with Crippen LogP contribution in [0.25, 0.3) is 10.9 Å². The van der Waals surface area contributed by atoms with E-state index in [0.29, 0.717) is 30.4 Å². The molecule has 6 heterocycles. The number of anilines is 3. The van der Waals surface area contributed by atoms with Gasteiger partial charge in [0.25, 0.3) is 5.91 Å². The van der Waals surface area contributed by atoms with E-state index in [0.717, 1.165) is 105 Å². The van der Waals surface area contributed by atoms with Gasteiger partial charge in [0.05, 0.1) is 11.1 Å². The summed E-state index contributed by atoms with van der Waals surface area (Å²) in [6.45, 7) is 11.8. The number of hydrogen-bond donors (Lipinski definition) is 2. The van der Waals surface area contributed by atoms with Crippen molar-refractivity contribution in [3.05, 3.63) is 88.6 Å². The van der Waals surface area contributed by atoms with Gasteiger partial charge in [-0.15, -0.1) is 0 Å². The molecule has 0 aliphatic carbocycles. The minimum atomic E-state index is -0.584. The van der Waals surface area contributed by atoms with Crippen molar-refractivity contribution in [1.82, 2.24) is 20.1 Å². The van der Waals surface area contributed by atoms with E-state index >= 15 is 0 Å².